The summed E-state index contributed by atoms with van der Waals surface area (Å²) in [5, 5.41) is 1.40. The van der Waals surface area contributed by atoms with Crippen LogP contribution in [0.2, 0.25) is 0 Å². The molecule has 0 aliphatic carbocycles. The van der Waals surface area contributed by atoms with E-state index in [0.717, 1.165) is 0 Å². The van der Waals surface area contributed by atoms with Crippen LogP contribution in [0.5, 0.6) is 0 Å². The summed E-state index contributed by atoms with van der Waals surface area (Å²) in [6, 6.07) is 26.1. The van der Waals surface area contributed by atoms with E-state index in [-0.39, 0.29) is 0 Å². The molecule has 0 unspecified atom stereocenters. The quantitative estimate of drug-likeness (QED) is 0.352. The molecule has 0 radical (unpaired) electrons. The van der Waals surface area contributed by atoms with Crippen molar-refractivity contribution in [2.45, 2.75) is 20.8 Å². The Morgan fingerprint density at radius 1 is 0.704 bits per heavy atom. The number of aryl methyl sites for hydroxylation is 3. The van der Waals surface area contributed by atoms with Crippen LogP contribution in [0.3, 0.4) is 0 Å². The smallest absolute Gasteiger partial charge is 0.0764 e. The summed E-state index contributed by atoms with van der Waals surface area (Å²) in [7, 11) is 3.46. The van der Waals surface area contributed by atoms with Gasteiger partial charge in [0, 0.05) is 17.9 Å². The highest BCUT2D eigenvalue weighted by atomic mass is 31.0. The fourth-order valence-electron chi connectivity index (χ4n) is 4.00. The molecule has 0 saturated heterocycles. The van der Waals surface area contributed by atoms with Crippen molar-refractivity contribution in [1.82, 2.24) is 4.57 Å². The van der Waals surface area contributed by atoms with Crippen LogP contribution in [-0.2, 0) is 7.05 Å². The second-order valence-electron chi connectivity index (χ2n) is 7.20. The highest BCUT2D eigenvalue weighted by molar-refractivity contribution is 7.38. The molecule has 1 nitrogen and oxygen atoms in total. The third-order valence-corrected chi connectivity index (χ3v) is 6.52. The monoisotopic (exact) mass is 369 g/mol. The van der Waals surface area contributed by atoms with Crippen LogP contribution in [0.25, 0.3) is 33.1 Å². The van der Waals surface area contributed by atoms with Gasteiger partial charge in [0.25, 0.3) is 0 Å². The van der Waals surface area contributed by atoms with E-state index in [9.17, 15) is 0 Å². The van der Waals surface area contributed by atoms with Gasteiger partial charge in [-0.05, 0) is 51.2 Å². The van der Waals surface area contributed by atoms with Crippen LogP contribution >= 0.6 is 8.19 Å². The first-order valence-corrected chi connectivity index (χ1v) is 10.2. The zero-order chi connectivity index (χ0) is 19.0. The van der Waals surface area contributed by atoms with Crippen molar-refractivity contribution < 1.29 is 0 Å². The van der Waals surface area contributed by atoms with Crippen LogP contribution in [-0.4, -0.2) is 4.57 Å². The molecule has 27 heavy (non-hydrogen) atoms. The minimum absolute atomic E-state index is 1.26. The molecule has 0 bridgehead atoms. The molecule has 0 amide bonds. The van der Waals surface area contributed by atoms with E-state index in [0.29, 0.717) is 0 Å². The topological polar surface area (TPSA) is 4.93 Å². The molecule has 1 aromatic heterocycles. The van der Waals surface area contributed by atoms with Gasteiger partial charge in [-0.2, -0.15) is 0 Å². The Morgan fingerprint density at radius 2 is 1.22 bits per heavy atom. The fourth-order valence-corrected chi connectivity index (χ4v) is 5.59. The summed E-state index contributed by atoms with van der Waals surface area (Å²) in [5.41, 5.74) is 10.6. The lowest BCUT2D eigenvalue weighted by molar-refractivity contribution is 0.952. The Labute approximate surface area is 163 Å². The molecular weight excluding hydrogens is 345 g/mol. The van der Waals surface area contributed by atoms with Gasteiger partial charge in [-0.1, -0.05) is 78.4 Å². The van der Waals surface area contributed by atoms with Crippen molar-refractivity contribution in [3.05, 3.63) is 89.5 Å². The molecule has 0 aliphatic rings. The molecule has 0 aliphatic heterocycles. The Balaban J connectivity index is 2.05. The molecule has 0 saturated carbocycles. The molecule has 3 aromatic carbocycles. The Kier molecular flexibility index (Phi) is 4.72. The normalized spacial score (nSPS) is 11.3. The zero-order valence-electron chi connectivity index (χ0n) is 16.3. The van der Waals surface area contributed by atoms with E-state index in [4.69, 9.17) is 0 Å². The van der Waals surface area contributed by atoms with Gasteiger partial charge in [0.2, 0.25) is 0 Å². The molecule has 0 fully saturated rings. The van der Waals surface area contributed by atoms with Crippen molar-refractivity contribution in [2.75, 3.05) is 0 Å². The Bertz CT molecular complexity index is 1070. The van der Waals surface area contributed by atoms with E-state index >= 15 is 0 Å². The highest BCUT2D eigenvalue weighted by Crippen LogP contribution is 2.48. The van der Waals surface area contributed by atoms with Gasteiger partial charge >= 0.3 is 0 Å². The van der Waals surface area contributed by atoms with Crippen LogP contribution in [0.4, 0.5) is 0 Å². The summed E-state index contributed by atoms with van der Waals surface area (Å²) in [4.78, 5) is 0. The number of rotatable bonds is 3. The van der Waals surface area contributed by atoms with Crippen molar-refractivity contribution in [1.29, 1.82) is 0 Å². The molecule has 0 spiro atoms. The van der Waals surface area contributed by atoms with E-state index in [1.54, 1.807) is 0 Å². The minimum Gasteiger partial charge on any atom is -0.339 e. The van der Waals surface area contributed by atoms with Crippen LogP contribution in [0.15, 0.2) is 72.8 Å². The largest absolute Gasteiger partial charge is 0.339 e. The number of hydrogen-bond acceptors (Lipinski definition) is 0. The maximum absolute atomic E-state index is 2.38. The van der Waals surface area contributed by atoms with E-state index in [2.05, 4.69) is 105 Å². The van der Waals surface area contributed by atoms with Gasteiger partial charge in [-0.25, -0.2) is 0 Å². The Hall–Kier alpha value is -2.63. The average Bonchev–Trinajstić information content (AvgIpc) is 2.99. The van der Waals surface area contributed by atoms with Gasteiger partial charge in [-0.3, -0.25) is 0 Å². The van der Waals surface area contributed by atoms with Crippen molar-refractivity contribution >= 4 is 8.19 Å². The molecular formula is C25H24NP. The van der Waals surface area contributed by atoms with Crippen LogP contribution in [0, 0.1) is 20.8 Å². The number of aromatic nitrogens is 1. The van der Waals surface area contributed by atoms with Gasteiger partial charge in [0.05, 0.1) is 11.1 Å². The average molecular weight is 369 g/mol. The zero-order valence-corrected chi connectivity index (χ0v) is 17.2. The standard InChI is InChI=1S/C25H24NP/c1-17-15-18(2)22(19(3)16-17)24-23(20-11-7-5-8-12-20)26(4)25(27-24)21-13-9-6-10-14-21/h5-16H,1-4H3. The second-order valence-corrected chi connectivity index (χ2v) is 8.29. The van der Waals surface area contributed by atoms with Gasteiger partial charge in [-0.15, -0.1) is 0 Å². The van der Waals surface area contributed by atoms with Gasteiger partial charge < -0.3 is 4.57 Å². The third-order valence-electron chi connectivity index (χ3n) is 5.09. The predicted molar refractivity (Wildman–Crippen MR) is 118 cm³/mol. The molecule has 0 N–H and O–H groups in total. The number of hydrogen-bond donors (Lipinski definition) is 0. The maximum atomic E-state index is 2.38. The predicted octanol–water partition coefficient (Wildman–Crippen LogP) is 7.53. The Morgan fingerprint density at radius 3 is 1.78 bits per heavy atom. The first-order valence-electron chi connectivity index (χ1n) is 9.32. The molecule has 1 heterocycles. The van der Waals surface area contributed by atoms with Crippen LogP contribution in [0.1, 0.15) is 16.7 Å². The molecule has 4 rings (SSSR count). The van der Waals surface area contributed by atoms with Crippen molar-refractivity contribution in [3.8, 4) is 33.1 Å². The summed E-state index contributed by atoms with van der Waals surface area (Å²) in [5.74, 6) is 0. The second kappa shape index (κ2) is 7.18. The third kappa shape index (κ3) is 3.24. The lowest BCUT2D eigenvalue weighted by atomic mass is 9.96. The fraction of sp³-hybridized carbons (Fsp3) is 0.160. The summed E-state index contributed by atoms with van der Waals surface area (Å²) in [6.45, 7) is 6.65. The first kappa shape index (κ1) is 17.8. The van der Waals surface area contributed by atoms with Gasteiger partial charge in [0.1, 0.15) is 0 Å². The summed E-state index contributed by atoms with van der Waals surface area (Å²) >= 11 is 0. The first-order chi connectivity index (χ1) is 13.1. The van der Waals surface area contributed by atoms with E-state index in [1.807, 2.05) is 0 Å². The molecule has 4 aromatic rings. The SMILES string of the molecule is Cc1cc(C)c(-c2pc(-c3ccccc3)n(C)c2-c2ccccc2)c(C)c1. The lowest BCUT2D eigenvalue weighted by Gasteiger charge is -2.14. The number of benzene rings is 3. The van der Waals surface area contributed by atoms with E-state index < -0.39 is 0 Å². The maximum Gasteiger partial charge on any atom is 0.0764 e. The highest BCUT2D eigenvalue weighted by Gasteiger charge is 2.20. The molecule has 2 heteroatoms. The van der Waals surface area contributed by atoms with Crippen LogP contribution < -0.4 is 0 Å². The van der Waals surface area contributed by atoms with E-state index in [1.165, 1.54) is 58.0 Å². The number of nitrogens with zero attached hydrogens (tertiary/aromatic N) is 1. The molecule has 134 valence electrons. The minimum atomic E-state index is 1.26. The lowest BCUT2D eigenvalue weighted by Crippen LogP contribution is -1.96. The van der Waals surface area contributed by atoms with Gasteiger partial charge in [0.15, 0.2) is 0 Å². The summed E-state index contributed by atoms with van der Waals surface area (Å²) in [6.07, 6.45) is 0. The summed E-state index contributed by atoms with van der Waals surface area (Å²) < 4.78 is 2.38. The van der Waals surface area contributed by atoms with Crippen molar-refractivity contribution in [3.63, 3.8) is 0 Å². The van der Waals surface area contributed by atoms with Crippen molar-refractivity contribution in [2.24, 2.45) is 7.05 Å². The molecule has 0 atom stereocenters.